The maximum Gasteiger partial charge on any atom is 0.203 e. The summed E-state index contributed by atoms with van der Waals surface area (Å²) in [5, 5.41) is 0. The molecule has 0 saturated carbocycles. The fourth-order valence-corrected chi connectivity index (χ4v) is 19.8. The van der Waals surface area contributed by atoms with Gasteiger partial charge in [-0.2, -0.15) is 0 Å². The van der Waals surface area contributed by atoms with Crippen molar-refractivity contribution in [1.82, 2.24) is 0 Å². The van der Waals surface area contributed by atoms with Crippen molar-refractivity contribution >= 4 is 8.32 Å². The molecule has 6 aromatic rings. The topological polar surface area (TPSA) is 138 Å². The van der Waals surface area contributed by atoms with Gasteiger partial charge in [-0.3, -0.25) is 0 Å². The van der Waals surface area contributed by atoms with Crippen molar-refractivity contribution in [2.75, 3.05) is 26.4 Å². The number of hydrogen-bond acceptors (Lipinski definition) is 15. The predicted octanol–water partition coefficient (Wildman–Crippen LogP) is 14.5. The lowest BCUT2D eigenvalue weighted by Crippen LogP contribution is -2.64. The molecular weight excluding hydrogens is 1180 g/mol. The number of rotatable bonds is 29. The van der Waals surface area contributed by atoms with E-state index >= 15 is 0 Å². The van der Waals surface area contributed by atoms with E-state index in [-0.39, 0.29) is 61.5 Å². The van der Waals surface area contributed by atoms with E-state index in [1.54, 1.807) is 0 Å². The first-order chi connectivity index (χ1) is 44.7. The van der Waals surface area contributed by atoms with Crippen molar-refractivity contribution < 1.29 is 70.7 Å². The summed E-state index contributed by atoms with van der Waals surface area (Å²) in [6.45, 7) is 24.8. The van der Waals surface area contributed by atoms with Gasteiger partial charge in [0.15, 0.2) is 31.5 Å². The molecule has 0 aromatic heterocycles. The molecule has 5 fully saturated rings. The minimum Gasteiger partial charge on any atom is -0.391 e. The Kier molecular flexibility index (Phi) is 23.9. The Morgan fingerprint density at radius 1 is 0.435 bits per heavy atom. The van der Waals surface area contributed by atoms with Gasteiger partial charge in [0.2, 0.25) is 8.32 Å². The Morgan fingerprint density at radius 3 is 1.42 bits per heavy atom. The third-order valence-electron chi connectivity index (χ3n) is 19.3. The number of benzene rings is 6. The average molecular weight is 1280 g/mol. The van der Waals surface area contributed by atoms with Crippen molar-refractivity contribution in [1.29, 1.82) is 0 Å². The minimum atomic E-state index is -2.56. The van der Waals surface area contributed by atoms with Gasteiger partial charge < -0.3 is 70.7 Å². The molecular formula is C76H98O15Si. The molecule has 0 aliphatic carbocycles. The van der Waals surface area contributed by atoms with Crippen LogP contribution in [0.25, 0.3) is 0 Å². The van der Waals surface area contributed by atoms with Crippen molar-refractivity contribution in [2.24, 2.45) is 17.8 Å². The fraction of sp³-hybridized carbons (Fsp3) is 0.526. The molecule has 16 heteroatoms. The van der Waals surface area contributed by atoms with Gasteiger partial charge in [0.05, 0.1) is 83.9 Å². The van der Waals surface area contributed by atoms with E-state index in [0.717, 1.165) is 33.4 Å². The summed E-state index contributed by atoms with van der Waals surface area (Å²) in [4.78, 5) is 0. The van der Waals surface area contributed by atoms with Crippen LogP contribution in [-0.2, 0) is 104 Å². The van der Waals surface area contributed by atoms with Crippen molar-refractivity contribution in [3.05, 3.63) is 215 Å². The molecule has 496 valence electrons. The van der Waals surface area contributed by atoms with Gasteiger partial charge in [0, 0.05) is 23.3 Å². The Labute approximate surface area is 546 Å². The minimum absolute atomic E-state index is 0.179. The summed E-state index contributed by atoms with van der Waals surface area (Å²) < 4.78 is 106. The molecule has 18 atom stereocenters. The first kappa shape index (κ1) is 68.3. The molecule has 6 aromatic carbocycles. The van der Waals surface area contributed by atoms with Crippen LogP contribution in [0.1, 0.15) is 109 Å². The fourth-order valence-electron chi connectivity index (χ4n) is 14.3. The van der Waals surface area contributed by atoms with Crippen molar-refractivity contribution in [3.8, 4) is 0 Å². The molecule has 0 amide bonds. The zero-order valence-electron chi connectivity index (χ0n) is 55.4. The van der Waals surface area contributed by atoms with Gasteiger partial charge >= 0.3 is 0 Å². The number of hydrogen-bond donors (Lipinski definition) is 0. The van der Waals surface area contributed by atoms with E-state index in [0.29, 0.717) is 26.4 Å². The van der Waals surface area contributed by atoms with E-state index in [1.165, 1.54) is 0 Å². The molecule has 0 bridgehead atoms. The van der Waals surface area contributed by atoms with Crippen LogP contribution < -0.4 is 0 Å². The van der Waals surface area contributed by atoms with Crippen molar-refractivity contribution in [3.63, 3.8) is 0 Å². The third kappa shape index (κ3) is 16.2. The molecule has 5 aliphatic heterocycles. The van der Waals surface area contributed by atoms with Crippen LogP contribution >= 0.6 is 0 Å². The van der Waals surface area contributed by atoms with Crippen LogP contribution in [0.5, 0.6) is 0 Å². The van der Waals surface area contributed by atoms with Crippen LogP contribution in [0.15, 0.2) is 182 Å². The van der Waals surface area contributed by atoms with E-state index < -0.39 is 106 Å². The van der Waals surface area contributed by atoms with E-state index in [9.17, 15) is 0 Å². The quantitative estimate of drug-likeness (QED) is 0.0411. The highest BCUT2D eigenvalue weighted by atomic mass is 28.4. The maximum absolute atomic E-state index is 7.71. The standard InChI is InChI=1S/C76H98O15Si/c1-50(2)92(51(3)4,52(5)6)91-72-55(9)66(87-71-54(8)65(79-44-59-33-21-13-22-34-59)68(80-45-60-35-23-14-24-36-60)63(85-71)47-77-42-57-29-17-11-18-30-57)67(56(10)84-72)88-74-69(81-46-61-37-25-15-26-38-61)64(53(7)41-82-74)86-75-70-76(49-83-75,48-78-43-58-31-19-12-20-32-58)90-73(89-70)62-39-27-16-28-40-62/h11-40,50-56,63-75H,41-49H2,1-10H3/t53-,54-,55+,56?,63?,64-,65?,66?,67+,68-,69?,70?,71+,72+,73+,74+,75+,76-/m1/s1. The van der Waals surface area contributed by atoms with Gasteiger partial charge in [-0.05, 0) is 51.4 Å². The summed E-state index contributed by atoms with van der Waals surface area (Å²) in [5.74, 6) is -0.955. The number of fused-ring (bicyclic) bond motifs is 1. The van der Waals surface area contributed by atoms with E-state index in [4.69, 9.17) is 70.7 Å². The smallest absolute Gasteiger partial charge is 0.203 e. The van der Waals surface area contributed by atoms with E-state index in [2.05, 4.69) is 98.7 Å². The lowest BCUT2D eigenvalue weighted by Gasteiger charge is -2.53. The monoisotopic (exact) mass is 1280 g/mol. The lowest BCUT2D eigenvalue weighted by molar-refractivity contribution is -0.370. The summed E-state index contributed by atoms with van der Waals surface area (Å²) in [6, 6.07) is 60.8. The molecule has 6 unspecified atom stereocenters. The molecule has 15 nitrogen and oxygen atoms in total. The van der Waals surface area contributed by atoms with Gasteiger partial charge in [0.1, 0.15) is 36.1 Å². The highest BCUT2D eigenvalue weighted by Crippen LogP contribution is 2.49. The van der Waals surface area contributed by atoms with Crippen LogP contribution in [-0.4, -0.2) is 120 Å². The molecule has 5 aliphatic rings. The Morgan fingerprint density at radius 2 is 0.891 bits per heavy atom. The molecule has 0 radical (unpaired) electrons. The normalized spacial score (nSPS) is 31.7. The highest BCUT2D eigenvalue weighted by molar-refractivity contribution is 6.77. The van der Waals surface area contributed by atoms with Crippen LogP contribution in [0.3, 0.4) is 0 Å². The first-order valence-electron chi connectivity index (χ1n) is 33.5. The Balaban J connectivity index is 0.920. The van der Waals surface area contributed by atoms with E-state index in [1.807, 2.05) is 153 Å². The molecule has 92 heavy (non-hydrogen) atoms. The summed E-state index contributed by atoms with van der Waals surface area (Å²) in [7, 11) is -2.56. The average Bonchev–Trinajstić information content (AvgIpc) is 1.49. The molecule has 11 rings (SSSR count). The molecule has 0 spiro atoms. The molecule has 0 N–H and O–H groups in total. The summed E-state index contributed by atoms with van der Waals surface area (Å²) >= 11 is 0. The van der Waals surface area contributed by atoms with Crippen LogP contribution in [0.4, 0.5) is 0 Å². The summed E-state index contributed by atoms with van der Waals surface area (Å²) in [6.07, 6.45) is -9.82. The number of ether oxygens (including phenoxy) is 14. The molecule has 5 saturated heterocycles. The zero-order chi connectivity index (χ0) is 64.2. The van der Waals surface area contributed by atoms with Gasteiger partial charge in [0.25, 0.3) is 0 Å². The van der Waals surface area contributed by atoms with Gasteiger partial charge in [-0.1, -0.05) is 244 Å². The third-order valence-corrected chi connectivity index (χ3v) is 25.3. The Bertz CT molecular complexity index is 3080. The van der Waals surface area contributed by atoms with Crippen molar-refractivity contribution in [2.45, 2.75) is 211 Å². The second-order valence-electron chi connectivity index (χ2n) is 26.8. The maximum atomic E-state index is 7.71. The van der Waals surface area contributed by atoms with Crippen LogP contribution in [0, 0.1) is 17.8 Å². The zero-order valence-corrected chi connectivity index (χ0v) is 56.4. The van der Waals surface area contributed by atoms with Gasteiger partial charge in [-0.25, -0.2) is 0 Å². The predicted molar refractivity (Wildman–Crippen MR) is 352 cm³/mol. The van der Waals surface area contributed by atoms with Crippen LogP contribution in [0.2, 0.25) is 16.6 Å². The highest BCUT2D eigenvalue weighted by Gasteiger charge is 2.62. The first-order valence-corrected chi connectivity index (χ1v) is 35.6. The lowest BCUT2D eigenvalue weighted by atomic mass is 9.89. The Hall–Kier alpha value is -5.06. The molecule has 5 heterocycles. The summed E-state index contributed by atoms with van der Waals surface area (Å²) in [5.41, 5.74) is 5.91. The van der Waals surface area contributed by atoms with Gasteiger partial charge in [-0.15, -0.1) is 0 Å². The second kappa shape index (κ2) is 32.1. The second-order valence-corrected chi connectivity index (χ2v) is 32.2. The largest absolute Gasteiger partial charge is 0.391 e. The SMILES string of the molecule is CC1O[C@@H](O[Si](C(C)C)(C(C)C)C(C)C)[C@@H](C)C(O[C@@H]2OC(COCc3ccccc3)[C@@H](OCc3ccccc3)C(OCc3ccccc3)[C@H]2C)[C@H]1O[C@@H]1OC[C@@H](C)[C@@H](O[C@@H]2OC[C@@]3(COCc4ccccc4)O[C@@H](c4ccccc4)OC23)C1OCc1ccccc1.